The molecular formula is C12H28N2O. The Bertz CT molecular complexity index is 120. The van der Waals surface area contributed by atoms with Crippen molar-refractivity contribution in [3.8, 4) is 0 Å². The zero-order valence-electron chi connectivity index (χ0n) is 10.2. The summed E-state index contributed by atoms with van der Waals surface area (Å²) in [6.45, 7) is 4.68. The van der Waals surface area contributed by atoms with Gasteiger partial charge in [0.05, 0.1) is 0 Å². The Morgan fingerprint density at radius 2 is 1.73 bits per heavy atom. The third-order valence-corrected chi connectivity index (χ3v) is 2.54. The second-order valence-corrected chi connectivity index (χ2v) is 4.15. The maximum absolute atomic E-state index is 5.83. The molecule has 0 aliphatic carbocycles. The Labute approximate surface area is 94.5 Å². The molecule has 3 nitrogen and oxygen atoms in total. The Morgan fingerprint density at radius 1 is 1.00 bits per heavy atom. The summed E-state index contributed by atoms with van der Waals surface area (Å²) >= 11 is 0. The van der Waals surface area contributed by atoms with Crippen LogP contribution in [-0.2, 0) is 4.74 Å². The van der Waals surface area contributed by atoms with E-state index in [4.69, 9.17) is 16.2 Å². The first-order chi connectivity index (χ1) is 7.31. The van der Waals surface area contributed by atoms with Crippen molar-refractivity contribution in [3.63, 3.8) is 0 Å². The van der Waals surface area contributed by atoms with E-state index in [-0.39, 0.29) is 6.04 Å². The number of hydrogen-bond donors (Lipinski definition) is 2. The van der Waals surface area contributed by atoms with Gasteiger partial charge in [0, 0.05) is 19.3 Å². The lowest BCUT2D eigenvalue weighted by atomic mass is 10.1. The van der Waals surface area contributed by atoms with Gasteiger partial charge in [0.2, 0.25) is 0 Å². The summed E-state index contributed by atoms with van der Waals surface area (Å²) in [5.74, 6) is 0. The average Bonchev–Trinajstić information content (AvgIpc) is 2.22. The van der Waals surface area contributed by atoms with Gasteiger partial charge in [0.1, 0.15) is 0 Å². The molecule has 1 atom stereocenters. The van der Waals surface area contributed by atoms with E-state index in [2.05, 4.69) is 6.92 Å². The second-order valence-electron chi connectivity index (χ2n) is 4.15. The van der Waals surface area contributed by atoms with Gasteiger partial charge in [0.15, 0.2) is 0 Å². The number of rotatable bonds is 11. The maximum atomic E-state index is 5.83. The van der Waals surface area contributed by atoms with Crippen LogP contribution in [0.5, 0.6) is 0 Å². The summed E-state index contributed by atoms with van der Waals surface area (Å²) in [5, 5.41) is 0. The van der Waals surface area contributed by atoms with Crippen LogP contribution in [0.1, 0.15) is 51.9 Å². The van der Waals surface area contributed by atoms with Crippen molar-refractivity contribution in [2.45, 2.75) is 57.9 Å². The summed E-state index contributed by atoms with van der Waals surface area (Å²) in [5.41, 5.74) is 11.2. The van der Waals surface area contributed by atoms with E-state index in [1.165, 1.54) is 25.7 Å². The number of unbranched alkanes of at least 4 members (excludes halogenated alkanes) is 3. The highest BCUT2D eigenvalue weighted by molar-refractivity contribution is 4.60. The van der Waals surface area contributed by atoms with Crippen molar-refractivity contribution in [2.75, 3.05) is 19.8 Å². The topological polar surface area (TPSA) is 61.3 Å². The first-order valence-corrected chi connectivity index (χ1v) is 6.34. The van der Waals surface area contributed by atoms with E-state index >= 15 is 0 Å². The third-order valence-electron chi connectivity index (χ3n) is 2.54. The van der Waals surface area contributed by atoms with Crippen molar-refractivity contribution >= 4 is 0 Å². The van der Waals surface area contributed by atoms with Crippen molar-refractivity contribution in [1.29, 1.82) is 0 Å². The van der Waals surface area contributed by atoms with Crippen molar-refractivity contribution < 1.29 is 4.74 Å². The fourth-order valence-corrected chi connectivity index (χ4v) is 1.54. The van der Waals surface area contributed by atoms with Gasteiger partial charge in [-0.3, -0.25) is 0 Å². The Balaban J connectivity index is 2.98. The predicted octanol–water partition coefficient (Wildman–Crippen LogP) is 2.04. The first-order valence-electron chi connectivity index (χ1n) is 6.34. The molecule has 0 rings (SSSR count). The quantitative estimate of drug-likeness (QED) is 0.520. The highest BCUT2D eigenvalue weighted by Gasteiger charge is 2.00. The lowest BCUT2D eigenvalue weighted by molar-refractivity contribution is 0.125. The molecule has 0 saturated carbocycles. The minimum absolute atomic E-state index is 0.263. The van der Waals surface area contributed by atoms with Gasteiger partial charge in [-0.25, -0.2) is 0 Å². The summed E-state index contributed by atoms with van der Waals surface area (Å²) in [4.78, 5) is 0. The molecule has 0 saturated heterocycles. The molecule has 0 aliphatic rings. The Kier molecular flexibility index (Phi) is 11.9. The minimum atomic E-state index is 0.263. The molecule has 3 heteroatoms. The minimum Gasteiger partial charge on any atom is -0.381 e. The number of ether oxygens (including phenoxy) is 1. The molecular weight excluding hydrogens is 188 g/mol. The van der Waals surface area contributed by atoms with Gasteiger partial charge in [-0.1, -0.05) is 26.2 Å². The van der Waals surface area contributed by atoms with Crippen LogP contribution in [0.2, 0.25) is 0 Å². The van der Waals surface area contributed by atoms with Crippen LogP contribution in [0.25, 0.3) is 0 Å². The van der Waals surface area contributed by atoms with E-state index in [1.807, 2.05) is 0 Å². The van der Waals surface area contributed by atoms with Crippen LogP contribution in [0, 0.1) is 0 Å². The number of hydrogen-bond acceptors (Lipinski definition) is 3. The molecule has 0 amide bonds. The van der Waals surface area contributed by atoms with Gasteiger partial charge in [0.25, 0.3) is 0 Å². The standard InChI is InChI=1S/C12H28N2O/c1-2-3-4-5-10-15-11-6-7-12(14)8-9-13/h12H,2-11,13-14H2,1H3. The first kappa shape index (κ1) is 14.9. The van der Waals surface area contributed by atoms with Gasteiger partial charge in [-0.05, 0) is 32.2 Å². The van der Waals surface area contributed by atoms with E-state index in [9.17, 15) is 0 Å². The van der Waals surface area contributed by atoms with Crippen LogP contribution in [0.3, 0.4) is 0 Å². The van der Waals surface area contributed by atoms with Crippen molar-refractivity contribution in [2.24, 2.45) is 11.5 Å². The molecule has 92 valence electrons. The molecule has 0 heterocycles. The van der Waals surface area contributed by atoms with Gasteiger partial charge in [-0.2, -0.15) is 0 Å². The summed E-state index contributed by atoms with van der Waals surface area (Å²) in [6, 6.07) is 0.263. The smallest absolute Gasteiger partial charge is 0.0466 e. The summed E-state index contributed by atoms with van der Waals surface area (Å²) in [6.07, 6.45) is 8.13. The van der Waals surface area contributed by atoms with Gasteiger partial charge < -0.3 is 16.2 Å². The maximum Gasteiger partial charge on any atom is 0.0466 e. The fourth-order valence-electron chi connectivity index (χ4n) is 1.54. The molecule has 1 unspecified atom stereocenters. The van der Waals surface area contributed by atoms with Gasteiger partial charge in [-0.15, -0.1) is 0 Å². The second kappa shape index (κ2) is 12.0. The molecule has 0 aromatic rings. The van der Waals surface area contributed by atoms with Crippen LogP contribution < -0.4 is 11.5 Å². The van der Waals surface area contributed by atoms with E-state index in [0.29, 0.717) is 6.54 Å². The van der Waals surface area contributed by atoms with Crippen LogP contribution in [0.15, 0.2) is 0 Å². The van der Waals surface area contributed by atoms with Crippen LogP contribution in [0.4, 0.5) is 0 Å². The zero-order valence-corrected chi connectivity index (χ0v) is 10.2. The SMILES string of the molecule is CCCCCCOCCCC(N)CCN. The van der Waals surface area contributed by atoms with E-state index in [1.54, 1.807) is 0 Å². The summed E-state index contributed by atoms with van der Waals surface area (Å²) < 4.78 is 5.52. The predicted molar refractivity (Wildman–Crippen MR) is 65.8 cm³/mol. The molecule has 4 N–H and O–H groups in total. The lowest BCUT2D eigenvalue weighted by Crippen LogP contribution is -2.23. The molecule has 0 aromatic heterocycles. The zero-order chi connectivity index (χ0) is 11.4. The third kappa shape index (κ3) is 11.8. The summed E-state index contributed by atoms with van der Waals surface area (Å²) in [7, 11) is 0. The molecule has 15 heavy (non-hydrogen) atoms. The lowest BCUT2D eigenvalue weighted by Gasteiger charge is -2.09. The normalized spacial score (nSPS) is 13.0. The number of nitrogens with two attached hydrogens (primary N) is 2. The molecule has 0 spiro atoms. The monoisotopic (exact) mass is 216 g/mol. The fraction of sp³-hybridized carbons (Fsp3) is 1.00. The average molecular weight is 216 g/mol. The molecule has 0 bridgehead atoms. The Morgan fingerprint density at radius 3 is 2.40 bits per heavy atom. The van der Waals surface area contributed by atoms with Crippen LogP contribution in [-0.4, -0.2) is 25.8 Å². The van der Waals surface area contributed by atoms with Crippen molar-refractivity contribution in [1.82, 2.24) is 0 Å². The van der Waals surface area contributed by atoms with E-state index in [0.717, 1.165) is 32.5 Å². The van der Waals surface area contributed by atoms with E-state index < -0.39 is 0 Å². The molecule has 0 aromatic carbocycles. The van der Waals surface area contributed by atoms with Gasteiger partial charge >= 0.3 is 0 Å². The largest absolute Gasteiger partial charge is 0.381 e. The highest BCUT2D eigenvalue weighted by atomic mass is 16.5. The van der Waals surface area contributed by atoms with Crippen molar-refractivity contribution in [3.05, 3.63) is 0 Å². The molecule has 0 fully saturated rings. The molecule has 0 aliphatic heterocycles. The van der Waals surface area contributed by atoms with Crippen LogP contribution >= 0.6 is 0 Å². The Hall–Kier alpha value is -0.120. The molecule has 0 radical (unpaired) electrons. The highest BCUT2D eigenvalue weighted by Crippen LogP contribution is 2.01.